The number of fused-ring (bicyclic) bond motifs is 1. The van der Waals surface area contributed by atoms with E-state index in [1.165, 1.54) is 0 Å². The average Bonchev–Trinajstić information content (AvgIpc) is 3.12. The van der Waals surface area contributed by atoms with Gasteiger partial charge in [-0.05, 0) is 42.0 Å². The number of anilines is 2. The topological polar surface area (TPSA) is 96.7 Å². The molecule has 0 amide bonds. The number of nitrogens with two attached hydrogens (primary N) is 1. The van der Waals surface area contributed by atoms with E-state index < -0.39 is 0 Å². The molecule has 3 heterocycles. The minimum atomic E-state index is 0.0489. The largest absolute Gasteiger partial charge is 0.382 e. The maximum atomic E-state index is 12.6. The molecule has 6 nitrogen and oxygen atoms in total. The summed E-state index contributed by atoms with van der Waals surface area (Å²) in [4.78, 5) is 24.2. The van der Waals surface area contributed by atoms with Crippen LogP contribution in [0.4, 0.5) is 11.5 Å². The van der Waals surface area contributed by atoms with Crippen LogP contribution in [0.1, 0.15) is 21.7 Å². The van der Waals surface area contributed by atoms with Gasteiger partial charge in [-0.1, -0.05) is 18.2 Å². The third kappa shape index (κ3) is 3.79. The number of hydrogen-bond donors (Lipinski definition) is 3. The second kappa shape index (κ2) is 7.29. The Balaban J connectivity index is 1.45. The van der Waals surface area contributed by atoms with Gasteiger partial charge in [0, 0.05) is 29.7 Å². The van der Waals surface area contributed by atoms with Gasteiger partial charge in [0.15, 0.2) is 5.78 Å². The van der Waals surface area contributed by atoms with Crippen LogP contribution in [-0.2, 0) is 13.0 Å². The highest BCUT2D eigenvalue weighted by atomic mass is 16.1. The average molecular weight is 357 g/mol. The zero-order valence-electron chi connectivity index (χ0n) is 14.6. The number of aromatic amines is 1. The molecule has 0 spiro atoms. The molecule has 0 atom stereocenters. The van der Waals surface area contributed by atoms with Crippen LogP contribution < -0.4 is 11.1 Å². The number of ketones is 1. The number of carbonyl (C=O) groups excluding carboxylic acids is 1. The normalized spacial score (nSPS) is 10.8. The van der Waals surface area contributed by atoms with Gasteiger partial charge in [-0.2, -0.15) is 0 Å². The lowest BCUT2D eigenvalue weighted by molar-refractivity contribution is 0.0989. The van der Waals surface area contributed by atoms with Crippen molar-refractivity contribution in [1.82, 2.24) is 15.0 Å². The number of rotatable bonds is 6. The first-order chi connectivity index (χ1) is 13.2. The molecule has 4 rings (SSSR count). The first kappa shape index (κ1) is 16.8. The quantitative estimate of drug-likeness (QED) is 0.458. The monoisotopic (exact) mass is 357 g/mol. The minimum absolute atomic E-state index is 0.0489. The van der Waals surface area contributed by atoms with Crippen LogP contribution in [-0.4, -0.2) is 20.7 Å². The number of carbonyl (C=O) groups is 1. The molecule has 134 valence electrons. The van der Waals surface area contributed by atoms with E-state index >= 15 is 0 Å². The number of hydrogen-bond acceptors (Lipinski definition) is 5. The van der Waals surface area contributed by atoms with E-state index in [2.05, 4.69) is 20.3 Å². The predicted octanol–water partition coefficient (Wildman–Crippen LogP) is 3.58. The molecule has 0 aliphatic heterocycles. The fourth-order valence-electron chi connectivity index (χ4n) is 2.99. The maximum Gasteiger partial charge on any atom is 0.183 e. The maximum absolute atomic E-state index is 12.6. The van der Waals surface area contributed by atoms with Crippen molar-refractivity contribution < 1.29 is 4.79 Å². The predicted molar refractivity (Wildman–Crippen MR) is 107 cm³/mol. The van der Waals surface area contributed by atoms with E-state index in [9.17, 15) is 4.79 Å². The van der Waals surface area contributed by atoms with Crippen LogP contribution in [0.5, 0.6) is 0 Å². The van der Waals surface area contributed by atoms with Gasteiger partial charge in [0.2, 0.25) is 0 Å². The molecule has 4 N–H and O–H groups in total. The number of nitrogens with one attached hydrogen (secondary N) is 2. The van der Waals surface area contributed by atoms with Crippen molar-refractivity contribution in [2.45, 2.75) is 13.0 Å². The Kier molecular flexibility index (Phi) is 4.53. The van der Waals surface area contributed by atoms with E-state index in [4.69, 9.17) is 5.73 Å². The molecule has 3 aromatic heterocycles. The van der Waals surface area contributed by atoms with Crippen molar-refractivity contribution in [2.75, 3.05) is 11.1 Å². The number of Topliss-reactive ketones (excluding diaryl/α,β-unsaturated/α-hetero) is 1. The third-order valence-electron chi connectivity index (χ3n) is 4.37. The standard InChI is InChI=1S/C21H19N5O/c22-21-18(6-3-8-24-21)25-13-16-10-14(7-9-23-16)11-20(27)19-12-15-4-1-2-5-17(15)26-19/h1-10,12,25-26H,11,13H2,(H2,22,24). The van der Waals surface area contributed by atoms with Gasteiger partial charge in [0.1, 0.15) is 5.82 Å². The summed E-state index contributed by atoms with van der Waals surface area (Å²) in [6.07, 6.45) is 3.68. The van der Waals surface area contributed by atoms with E-state index in [1.807, 2.05) is 54.6 Å². The van der Waals surface area contributed by atoms with Gasteiger partial charge < -0.3 is 16.0 Å². The lowest BCUT2D eigenvalue weighted by Gasteiger charge is -2.08. The Hall–Kier alpha value is -3.67. The summed E-state index contributed by atoms with van der Waals surface area (Å²) < 4.78 is 0. The minimum Gasteiger partial charge on any atom is -0.382 e. The molecule has 1 aromatic carbocycles. The van der Waals surface area contributed by atoms with Crippen LogP contribution in [0.2, 0.25) is 0 Å². The Morgan fingerprint density at radius 1 is 1.04 bits per heavy atom. The van der Waals surface area contributed by atoms with Gasteiger partial charge in [0.25, 0.3) is 0 Å². The van der Waals surface area contributed by atoms with Gasteiger partial charge >= 0.3 is 0 Å². The van der Waals surface area contributed by atoms with E-state index in [0.717, 1.165) is 27.8 Å². The van der Waals surface area contributed by atoms with E-state index in [-0.39, 0.29) is 5.78 Å². The lowest BCUT2D eigenvalue weighted by atomic mass is 10.1. The summed E-state index contributed by atoms with van der Waals surface area (Å²) in [5.74, 6) is 0.496. The molecule has 0 saturated carbocycles. The number of benzene rings is 1. The summed E-state index contributed by atoms with van der Waals surface area (Å²) in [5, 5.41) is 4.25. The zero-order chi connectivity index (χ0) is 18.6. The highest BCUT2D eigenvalue weighted by molar-refractivity contribution is 6.00. The van der Waals surface area contributed by atoms with E-state index in [0.29, 0.717) is 24.5 Å². The Bertz CT molecular complexity index is 1070. The Morgan fingerprint density at radius 2 is 1.93 bits per heavy atom. The Morgan fingerprint density at radius 3 is 2.78 bits per heavy atom. The van der Waals surface area contributed by atoms with E-state index in [1.54, 1.807) is 12.4 Å². The van der Waals surface area contributed by atoms with Gasteiger partial charge in [0.05, 0.1) is 23.6 Å². The molecule has 27 heavy (non-hydrogen) atoms. The first-order valence-corrected chi connectivity index (χ1v) is 8.68. The van der Waals surface area contributed by atoms with Crippen LogP contribution in [0, 0.1) is 0 Å². The fourth-order valence-corrected chi connectivity index (χ4v) is 2.99. The lowest BCUT2D eigenvalue weighted by Crippen LogP contribution is -2.07. The number of pyridine rings is 2. The van der Waals surface area contributed by atoms with Crippen LogP contribution in [0.25, 0.3) is 10.9 Å². The molecule has 0 unspecified atom stereocenters. The van der Waals surface area contributed by atoms with Gasteiger partial charge in [-0.25, -0.2) is 4.98 Å². The molecule has 0 bridgehead atoms. The molecular formula is C21H19N5O. The van der Waals surface area contributed by atoms with Crippen molar-refractivity contribution >= 4 is 28.2 Å². The molecule has 6 heteroatoms. The van der Waals surface area contributed by atoms with Crippen LogP contribution in [0.15, 0.2) is 67.0 Å². The zero-order valence-corrected chi connectivity index (χ0v) is 14.6. The molecule has 0 aliphatic carbocycles. The number of aromatic nitrogens is 3. The first-order valence-electron chi connectivity index (χ1n) is 8.68. The van der Waals surface area contributed by atoms with Gasteiger partial charge in [-0.3, -0.25) is 9.78 Å². The molecule has 0 saturated heterocycles. The van der Waals surface area contributed by atoms with Crippen molar-refractivity contribution in [1.29, 1.82) is 0 Å². The number of nitrogens with zero attached hydrogens (tertiary/aromatic N) is 2. The number of nitrogen functional groups attached to an aromatic ring is 1. The smallest absolute Gasteiger partial charge is 0.183 e. The molecular weight excluding hydrogens is 338 g/mol. The summed E-state index contributed by atoms with van der Waals surface area (Å²) in [7, 11) is 0. The van der Waals surface area contributed by atoms with Crippen molar-refractivity contribution in [3.63, 3.8) is 0 Å². The second-order valence-electron chi connectivity index (χ2n) is 6.32. The van der Waals surface area contributed by atoms with Crippen molar-refractivity contribution in [3.8, 4) is 0 Å². The van der Waals surface area contributed by atoms with Crippen molar-refractivity contribution in [3.05, 3.63) is 83.9 Å². The molecule has 0 radical (unpaired) electrons. The summed E-state index contributed by atoms with van der Waals surface area (Å²) in [6.45, 7) is 0.504. The van der Waals surface area contributed by atoms with Crippen LogP contribution >= 0.6 is 0 Å². The SMILES string of the molecule is Nc1ncccc1NCc1cc(CC(=O)c2cc3ccccc3[nH]2)ccn1. The highest BCUT2D eigenvalue weighted by Crippen LogP contribution is 2.17. The second-order valence-corrected chi connectivity index (χ2v) is 6.32. The highest BCUT2D eigenvalue weighted by Gasteiger charge is 2.11. The molecule has 4 aromatic rings. The Labute approximate surface area is 156 Å². The van der Waals surface area contributed by atoms with Gasteiger partial charge in [-0.15, -0.1) is 0 Å². The molecule has 0 aliphatic rings. The van der Waals surface area contributed by atoms with Crippen molar-refractivity contribution in [2.24, 2.45) is 0 Å². The fraction of sp³-hybridized carbons (Fsp3) is 0.0952. The van der Waals surface area contributed by atoms with Crippen LogP contribution in [0.3, 0.4) is 0 Å². The summed E-state index contributed by atoms with van der Waals surface area (Å²) >= 11 is 0. The summed E-state index contributed by atoms with van der Waals surface area (Å²) in [6, 6.07) is 17.2. The summed E-state index contributed by atoms with van der Waals surface area (Å²) in [5.41, 5.74) is 9.94. The molecule has 0 fully saturated rings. The third-order valence-corrected chi connectivity index (χ3v) is 4.37. The number of H-pyrrole nitrogens is 1. The number of para-hydroxylation sites is 1.